The third kappa shape index (κ3) is 3.76. The summed E-state index contributed by atoms with van der Waals surface area (Å²) in [6.45, 7) is 6.23. The molecule has 0 saturated carbocycles. The highest BCUT2D eigenvalue weighted by molar-refractivity contribution is 6.02. The molecule has 2 N–H and O–H groups in total. The van der Waals surface area contributed by atoms with Gasteiger partial charge in [0.15, 0.2) is 5.78 Å². The van der Waals surface area contributed by atoms with Crippen molar-refractivity contribution in [1.29, 1.82) is 0 Å². The van der Waals surface area contributed by atoms with Gasteiger partial charge in [0.1, 0.15) is 5.69 Å². The maximum absolute atomic E-state index is 12.6. The molecule has 0 aliphatic heterocycles. The van der Waals surface area contributed by atoms with Crippen LogP contribution < -0.4 is 5.32 Å². The minimum Gasteiger partial charge on any atom is -0.354 e. The van der Waals surface area contributed by atoms with Crippen LogP contribution in [0.25, 0.3) is 11.0 Å². The fourth-order valence-corrected chi connectivity index (χ4v) is 3.95. The summed E-state index contributed by atoms with van der Waals surface area (Å²) in [6, 6.07) is 16.2. The van der Waals surface area contributed by atoms with Crippen LogP contribution in [0.5, 0.6) is 0 Å². The van der Waals surface area contributed by atoms with Crippen molar-refractivity contribution in [1.82, 2.24) is 19.9 Å². The van der Waals surface area contributed by atoms with Gasteiger partial charge in [-0.2, -0.15) is 0 Å². The lowest BCUT2D eigenvalue weighted by atomic mass is 10.1. The van der Waals surface area contributed by atoms with Gasteiger partial charge < -0.3 is 14.9 Å². The van der Waals surface area contributed by atoms with Crippen molar-refractivity contribution < 1.29 is 9.59 Å². The second-order valence-electron chi connectivity index (χ2n) is 7.54. The third-order valence-corrected chi connectivity index (χ3v) is 5.34. The molecule has 0 fully saturated rings. The van der Waals surface area contributed by atoms with E-state index in [1.54, 1.807) is 6.92 Å². The number of carbonyl (C=O) groups is 2. The smallest absolute Gasteiger partial charge is 0.268 e. The van der Waals surface area contributed by atoms with Crippen LogP contribution in [0.15, 0.2) is 54.9 Å². The molecular formula is C24H24N4O2. The monoisotopic (exact) mass is 400 g/mol. The van der Waals surface area contributed by atoms with E-state index >= 15 is 0 Å². The molecule has 0 unspecified atom stereocenters. The Balaban J connectivity index is 1.47. The number of aryl methyl sites for hydroxylation is 1. The number of hydrogen-bond acceptors (Lipinski definition) is 3. The average molecular weight is 400 g/mol. The van der Waals surface area contributed by atoms with Crippen LogP contribution in [-0.2, 0) is 13.1 Å². The van der Waals surface area contributed by atoms with E-state index in [-0.39, 0.29) is 11.7 Å². The first kappa shape index (κ1) is 19.6. The van der Waals surface area contributed by atoms with E-state index < -0.39 is 0 Å². The number of rotatable bonds is 6. The standard InChI is InChI=1S/C24H24N4O2/c1-15-22(17(3)29)16(2)27-23(15)24(30)25-12-18-7-6-8-19(11-18)13-28-14-26-20-9-4-5-10-21(20)28/h4-11,14,27H,12-13H2,1-3H3,(H,25,30). The SMILES string of the molecule is CC(=O)c1c(C)[nH]c(C(=O)NCc2cccc(Cn3cnc4ccccc43)c2)c1C. The number of amides is 1. The summed E-state index contributed by atoms with van der Waals surface area (Å²) < 4.78 is 2.11. The van der Waals surface area contributed by atoms with Gasteiger partial charge in [0.2, 0.25) is 0 Å². The summed E-state index contributed by atoms with van der Waals surface area (Å²) in [7, 11) is 0. The molecule has 2 aromatic heterocycles. The van der Waals surface area contributed by atoms with Gasteiger partial charge in [-0.3, -0.25) is 9.59 Å². The van der Waals surface area contributed by atoms with Crippen molar-refractivity contribution in [3.05, 3.63) is 88.5 Å². The number of benzene rings is 2. The molecule has 6 nitrogen and oxygen atoms in total. The Kier molecular flexibility index (Phi) is 5.23. The van der Waals surface area contributed by atoms with E-state index in [9.17, 15) is 9.59 Å². The van der Waals surface area contributed by atoms with Gasteiger partial charge in [0.25, 0.3) is 5.91 Å². The highest BCUT2D eigenvalue weighted by atomic mass is 16.2. The van der Waals surface area contributed by atoms with Gasteiger partial charge >= 0.3 is 0 Å². The molecule has 152 valence electrons. The second-order valence-corrected chi connectivity index (χ2v) is 7.54. The van der Waals surface area contributed by atoms with Crippen molar-refractivity contribution in [2.75, 3.05) is 0 Å². The maximum atomic E-state index is 12.6. The number of ketones is 1. The number of nitrogens with one attached hydrogen (secondary N) is 2. The molecule has 0 aliphatic rings. The predicted octanol–water partition coefficient (Wildman–Crippen LogP) is 4.16. The molecule has 0 atom stereocenters. The first-order valence-electron chi connectivity index (χ1n) is 9.90. The van der Waals surface area contributed by atoms with Crippen molar-refractivity contribution in [3.63, 3.8) is 0 Å². The number of Topliss-reactive ketones (excluding diaryl/α,β-unsaturated/α-hetero) is 1. The van der Waals surface area contributed by atoms with Crippen LogP contribution in [0, 0.1) is 13.8 Å². The van der Waals surface area contributed by atoms with E-state index in [4.69, 9.17) is 0 Å². The largest absolute Gasteiger partial charge is 0.354 e. The molecule has 1 amide bonds. The number of H-pyrrole nitrogens is 1. The van der Waals surface area contributed by atoms with E-state index in [2.05, 4.69) is 38.1 Å². The van der Waals surface area contributed by atoms with Gasteiger partial charge in [-0.15, -0.1) is 0 Å². The molecule has 0 saturated heterocycles. The highest BCUT2D eigenvalue weighted by Crippen LogP contribution is 2.19. The Hall–Kier alpha value is -3.67. The summed E-state index contributed by atoms with van der Waals surface area (Å²) >= 11 is 0. The van der Waals surface area contributed by atoms with Crippen molar-refractivity contribution in [2.45, 2.75) is 33.9 Å². The molecule has 0 spiro atoms. The molecule has 2 aromatic carbocycles. The van der Waals surface area contributed by atoms with Gasteiger partial charge in [-0.05, 0) is 49.6 Å². The zero-order valence-corrected chi connectivity index (χ0v) is 17.3. The molecule has 30 heavy (non-hydrogen) atoms. The first-order valence-corrected chi connectivity index (χ1v) is 9.90. The van der Waals surface area contributed by atoms with E-state index in [1.165, 1.54) is 6.92 Å². The normalized spacial score (nSPS) is 11.0. The third-order valence-electron chi connectivity index (χ3n) is 5.34. The number of aromatic amines is 1. The summed E-state index contributed by atoms with van der Waals surface area (Å²) in [5.74, 6) is -0.255. The highest BCUT2D eigenvalue weighted by Gasteiger charge is 2.19. The van der Waals surface area contributed by atoms with Gasteiger partial charge in [0.05, 0.1) is 17.4 Å². The number of carbonyl (C=O) groups excluding carboxylic acids is 2. The van der Waals surface area contributed by atoms with Crippen molar-refractivity contribution >= 4 is 22.7 Å². The molecular weight excluding hydrogens is 376 g/mol. The summed E-state index contributed by atoms with van der Waals surface area (Å²) in [5, 5.41) is 2.95. The van der Waals surface area contributed by atoms with Gasteiger partial charge in [-0.1, -0.05) is 36.4 Å². The number of aromatic nitrogens is 3. The number of para-hydroxylation sites is 2. The molecule has 4 rings (SSSR count). The Labute approximate surface area is 175 Å². The molecule has 2 heterocycles. The van der Waals surface area contributed by atoms with Crippen LogP contribution in [-0.4, -0.2) is 26.2 Å². The summed E-state index contributed by atoms with van der Waals surface area (Å²) in [5.41, 5.74) is 6.66. The Bertz CT molecular complexity index is 1250. The minimum atomic E-state index is -0.214. The van der Waals surface area contributed by atoms with Crippen LogP contribution in [0.1, 0.15) is 50.2 Å². The quantitative estimate of drug-likeness (QED) is 0.477. The molecule has 0 aliphatic carbocycles. The molecule has 0 bridgehead atoms. The predicted molar refractivity (Wildman–Crippen MR) is 117 cm³/mol. The minimum absolute atomic E-state index is 0.0416. The number of fused-ring (bicyclic) bond motifs is 1. The lowest BCUT2D eigenvalue weighted by Gasteiger charge is -2.09. The van der Waals surface area contributed by atoms with Crippen molar-refractivity contribution in [2.24, 2.45) is 0 Å². The number of nitrogens with zero attached hydrogens (tertiary/aromatic N) is 2. The molecule has 6 heteroatoms. The fourth-order valence-electron chi connectivity index (χ4n) is 3.95. The first-order chi connectivity index (χ1) is 14.4. The van der Waals surface area contributed by atoms with Crippen molar-refractivity contribution in [3.8, 4) is 0 Å². The second kappa shape index (κ2) is 7.99. The fraction of sp³-hybridized carbons (Fsp3) is 0.208. The number of imidazole rings is 1. The topological polar surface area (TPSA) is 79.8 Å². The lowest BCUT2D eigenvalue weighted by Crippen LogP contribution is -2.24. The average Bonchev–Trinajstić information content (AvgIpc) is 3.27. The van der Waals surface area contributed by atoms with E-state index in [1.807, 2.05) is 43.6 Å². The zero-order chi connectivity index (χ0) is 21.3. The van der Waals surface area contributed by atoms with Crippen LogP contribution in [0.4, 0.5) is 0 Å². The Morgan fingerprint density at radius 2 is 1.83 bits per heavy atom. The zero-order valence-electron chi connectivity index (χ0n) is 17.3. The van der Waals surface area contributed by atoms with Crippen LogP contribution in [0.3, 0.4) is 0 Å². The summed E-state index contributed by atoms with van der Waals surface area (Å²) in [6.07, 6.45) is 1.85. The summed E-state index contributed by atoms with van der Waals surface area (Å²) in [4.78, 5) is 31.9. The van der Waals surface area contributed by atoms with Crippen LogP contribution in [0.2, 0.25) is 0 Å². The van der Waals surface area contributed by atoms with E-state index in [0.29, 0.717) is 29.9 Å². The van der Waals surface area contributed by atoms with Crippen LogP contribution >= 0.6 is 0 Å². The van der Waals surface area contributed by atoms with E-state index in [0.717, 1.165) is 27.9 Å². The molecule has 0 radical (unpaired) electrons. The Morgan fingerprint density at radius 1 is 1.07 bits per heavy atom. The van der Waals surface area contributed by atoms with Gasteiger partial charge in [-0.25, -0.2) is 4.98 Å². The maximum Gasteiger partial charge on any atom is 0.268 e. The van der Waals surface area contributed by atoms with Gasteiger partial charge in [0, 0.05) is 24.3 Å². The Morgan fingerprint density at radius 3 is 2.60 bits per heavy atom. The molecule has 4 aromatic rings. The number of hydrogen-bond donors (Lipinski definition) is 2. The lowest BCUT2D eigenvalue weighted by molar-refractivity contribution is 0.0945.